The van der Waals surface area contributed by atoms with E-state index in [1.807, 2.05) is 0 Å². The molecule has 0 aromatic carbocycles. The Bertz CT molecular complexity index is 224. The summed E-state index contributed by atoms with van der Waals surface area (Å²) in [6.07, 6.45) is 3.88. The second-order valence-corrected chi connectivity index (χ2v) is 6.50. The third-order valence-electron chi connectivity index (χ3n) is 1.67. The molecule has 1 atom stereocenters. The Kier molecular flexibility index (Phi) is 18.9. The Hall–Kier alpha value is 2.22. The summed E-state index contributed by atoms with van der Waals surface area (Å²) in [5, 5.41) is 2.61. The van der Waals surface area contributed by atoms with Gasteiger partial charge >= 0.3 is 59.1 Å². The van der Waals surface area contributed by atoms with E-state index in [0.29, 0.717) is 0 Å². The van der Waals surface area contributed by atoms with Crippen molar-refractivity contribution in [2.75, 3.05) is 7.05 Å². The summed E-state index contributed by atoms with van der Waals surface area (Å²) in [5.41, 5.74) is 0. The number of unbranched alkanes of at least 4 members (excludes halogenated alkanes) is 2. The van der Waals surface area contributed by atoms with Gasteiger partial charge in [-0.3, -0.25) is 8.42 Å². The average molecular weight is 273 g/mol. The van der Waals surface area contributed by atoms with Gasteiger partial charge in [0.15, 0.2) is 0 Å². The number of hydrogen-bond donors (Lipinski definition) is 1. The summed E-state index contributed by atoms with van der Waals surface area (Å²) < 4.78 is 31.3. The largest absolute Gasteiger partial charge is 1.00 e. The van der Waals surface area contributed by atoms with Crippen LogP contribution in [0.3, 0.4) is 0 Å². The first-order valence-electron chi connectivity index (χ1n) is 4.34. The standard InChI is InChI=1S/C7H18NO3S2.2Na/c1-3-4-5-6-7(8-2)12-13(9,10)11;;/h7-8,12H,3-6H2,1-2H3,(H,9,10,11);;/q-1;2*+1/p-1. The molecule has 0 aliphatic heterocycles. The molecule has 0 heterocycles. The fourth-order valence-electron chi connectivity index (χ4n) is 0.993. The molecule has 0 radical (unpaired) electrons. The predicted octanol–water partition coefficient (Wildman–Crippen LogP) is -5.60. The molecule has 0 amide bonds. The molecule has 0 aliphatic carbocycles. The van der Waals surface area contributed by atoms with E-state index >= 15 is 0 Å². The zero-order valence-corrected chi connectivity index (χ0v) is 15.7. The van der Waals surface area contributed by atoms with Crippen LogP contribution in [0.2, 0.25) is 0 Å². The van der Waals surface area contributed by atoms with Crippen LogP contribution >= 0.6 is 0 Å². The summed E-state index contributed by atoms with van der Waals surface area (Å²) in [5.74, 6) is 0. The van der Waals surface area contributed by atoms with Crippen LogP contribution in [0.1, 0.15) is 32.6 Å². The van der Waals surface area contributed by atoms with Crippen molar-refractivity contribution in [3.05, 3.63) is 0 Å². The van der Waals surface area contributed by atoms with Crippen molar-refractivity contribution in [1.29, 1.82) is 0 Å². The van der Waals surface area contributed by atoms with Gasteiger partial charge in [0.05, 0.1) is 0 Å². The maximum absolute atomic E-state index is 10.4. The predicted molar refractivity (Wildman–Crippen MR) is 55.4 cm³/mol. The van der Waals surface area contributed by atoms with Crippen LogP contribution < -0.4 is 64.4 Å². The third kappa shape index (κ3) is 16.2. The van der Waals surface area contributed by atoms with Gasteiger partial charge in [-0.15, -0.1) is 0 Å². The molecule has 0 aromatic rings. The number of nitrogens with one attached hydrogen (secondary N) is 1. The van der Waals surface area contributed by atoms with Crippen molar-refractivity contribution < 1.29 is 72.1 Å². The van der Waals surface area contributed by atoms with Crippen LogP contribution in [0.4, 0.5) is 0 Å². The van der Waals surface area contributed by atoms with E-state index in [9.17, 15) is 13.0 Å². The molecule has 8 heteroatoms. The van der Waals surface area contributed by atoms with E-state index < -0.39 is 9.15 Å². The minimum atomic E-state index is -4.11. The SMILES string of the molecule is CCCCCC(NC)[SH-]S(=O)(=O)[O-].[Na+].[Na+]. The summed E-state index contributed by atoms with van der Waals surface area (Å²) in [6.45, 7) is 2.08. The van der Waals surface area contributed by atoms with Crippen molar-refractivity contribution in [3.8, 4) is 0 Å². The van der Waals surface area contributed by atoms with Crippen LogP contribution in [0, 0.1) is 0 Å². The van der Waals surface area contributed by atoms with E-state index in [2.05, 4.69) is 12.2 Å². The molecule has 82 valence electrons. The Labute approximate surface area is 140 Å². The molecule has 15 heavy (non-hydrogen) atoms. The topological polar surface area (TPSA) is 69.2 Å². The van der Waals surface area contributed by atoms with Gasteiger partial charge in [-0.25, -0.2) is 0 Å². The molecular weight excluding hydrogens is 256 g/mol. The fraction of sp³-hybridized carbons (Fsp3) is 1.00. The van der Waals surface area contributed by atoms with Crippen LogP contribution in [-0.4, -0.2) is 25.4 Å². The smallest absolute Gasteiger partial charge is 0.766 e. The van der Waals surface area contributed by atoms with E-state index in [4.69, 9.17) is 0 Å². The maximum atomic E-state index is 10.4. The second-order valence-electron chi connectivity index (χ2n) is 2.83. The van der Waals surface area contributed by atoms with Gasteiger partial charge in [-0.05, 0) is 7.05 Å². The Morgan fingerprint density at radius 1 is 1.33 bits per heavy atom. The molecule has 0 bridgehead atoms. The van der Waals surface area contributed by atoms with Gasteiger partial charge in [-0.1, -0.05) is 38.0 Å². The van der Waals surface area contributed by atoms with Gasteiger partial charge in [0, 0.05) is 9.15 Å². The van der Waals surface area contributed by atoms with Crippen molar-refractivity contribution in [2.45, 2.75) is 38.0 Å². The molecule has 0 saturated carbocycles. The first-order chi connectivity index (χ1) is 5.99. The van der Waals surface area contributed by atoms with Crippen molar-refractivity contribution in [1.82, 2.24) is 5.32 Å². The summed E-state index contributed by atoms with van der Waals surface area (Å²) in [6, 6.07) is 0. The van der Waals surface area contributed by atoms with Crippen LogP contribution in [0.25, 0.3) is 0 Å². The summed E-state index contributed by atoms with van der Waals surface area (Å²) >= 11 is 0. The average Bonchev–Trinajstić information content (AvgIpc) is 2.01. The van der Waals surface area contributed by atoms with Crippen molar-refractivity contribution in [3.63, 3.8) is 0 Å². The number of thiol groups is 1. The molecule has 0 saturated heterocycles. The van der Waals surface area contributed by atoms with Crippen LogP contribution in [0.15, 0.2) is 0 Å². The van der Waals surface area contributed by atoms with E-state index in [-0.39, 0.29) is 75.3 Å². The van der Waals surface area contributed by atoms with Crippen molar-refractivity contribution in [2.24, 2.45) is 0 Å². The Morgan fingerprint density at radius 3 is 2.20 bits per heavy atom. The zero-order valence-electron chi connectivity index (χ0n) is 9.99. The quantitative estimate of drug-likeness (QED) is 0.125. The molecule has 0 aliphatic rings. The minimum absolute atomic E-state index is 0. The number of rotatable bonds is 7. The summed E-state index contributed by atoms with van der Waals surface area (Å²) in [7, 11) is -2.48. The maximum Gasteiger partial charge on any atom is 1.00 e. The Morgan fingerprint density at radius 2 is 1.87 bits per heavy atom. The molecule has 1 unspecified atom stereocenters. The zero-order chi connectivity index (χ0) is 10.3. The van der Waals surface area contributed by atoms with Gasteiger partial charge < -0.3 is 20.7 Å². The summed E-state index contributed by atoms with van der Waals surface area (Å²) in [4.78, 5) is 0. The van der Waals surface area contributed by atoms with Crippen molar-refractivity contribution >= 4 is 19.9 Å². The van der Waals surface area contributed by atoms with Gasteiger partial charge in [0.2, 0.25) is 0 Å². The van der Waals surface area contributed by atoms with Crippen LogP contribution in [-0.2, 0) is 19.9 Å². The molecule has 0 aromatic heterocycles. The molecule has 0 spiro atoms. The third-order valence-corrected chi connectivity index (χ3v) is 4.24. The first-order valence-corrected chi connectivity index (χ1v) is 7.32. The fourth-order valence-corrected chi connectivity index (χ4v) is 3.27. The molecule has 4 nitrogen and oxygen atoms in total. The van der Waals surface area contributed by atoms with Gasteiger partial charge in [0.25, 0.3) is 0 Å². The van der Waals surface area contributed by atoms with E-state index in [1.165, 1.54) is 0 Å². The van der Waals surface area contributed by atoms with Gasteiger partial charge in [-0.2, -0.15) is 0 Å². The Balaban J connectivity index is -0.000000720. The van der Waals surface area contributed by atoms with Crippen LogP contribution in [0.5, 0.6) is 0 Å². The molecule has 0 fully saturated rings. The monoisotopic (exact) mass is 273 g/mol. The van der Waals surface area contributed by atoms with E-state index in [1.54, 1.807) is 7.05 Å². The first kappa shape index (κ1) is 22.4. The molecule has 1 N–H and O–H groups in total. The van der Waals surface area contributed by atoms with Gasteiger partial charge in [0.1, 0.15) is 0 Å². The molecule has 0 rings (SSSR count). The number of hydrogen-bond acceptors (Lipinski definition) is 5. The second kappa shape index (κ2) is 12.7. The minimum Gasteiger partial charge on any atom is -0.766 e. The van der Waals surface area contributed by atoms with E-state index in [0.717, 1.165) is 25.7 Å². The molecular formula is C7H17NNa2O3S2. The normalized spacial score (nSPS) is 12.7.